The summed E-state index contributed by atoms with van der Waals surface area (Å²) in [6.07, 6.45) is 3.87. The highest BCUT2D eigenvalue weighted by molar-refractivity contribution is 6.30. The summed E-state index contributed by atoms with van der Waals surface area (Å²) < 4.78 is 12.7. The van der Waals surface area contributed by atoms with Crippen LogP contribution in [0.15, 0.2) is 30.4 Å². The van der Waals surface area contributed by atoms with Crippen molar-refractivity contribution in [1.29, 1.82) is 0 Å². The summed E-state index contributed by atoms with van der Waals surface area (Å²) in [6, 6.07) is 5.65. The van der Waals surface area contributed by atoms with E-state index in [0.29, 0.717) is 41.2 Å². The van der Waals surface area contributed by atoms with Crippen LogP contribution in [-0.2, 0) is 22.3 Å². The predicted octanol–water partition coefficient (Wildman–Crippen LogP) is 6.61. The maximum atomic E-state index is 14.0. The molecular formula is C31H36O4. The zero-order valence-electron chi connectivity index (χ0n) is 21.6. The van der Waals surface area contributed by atoms with Crippen molar-refractivity contribution in [3.05, 3.63) is 80.4 Å². The topological polar surface area (TPSA) is 52.6 Å². The second-order valence-electron chi connectivity index (χ2n) is 10.8. The molecule has 4 heteroatoms. The Labute approximate surface area is 208 Å². The Morgan fingerprint density at radius 3 is 2.49 bits per heavy atom. The molecule has 0 radical (unpaired) electrons. The summed E-state index contributed by atoms with van der Waals surface area (Å²) in [6.45, 7) is 15.3. The fourth-order valence-corrected chi connectivity index (χ4v) is 6.32. The standard InChI is InChI=1S/C31H36O4/c1-7-20-9-8-10-22-29(20)31(33)28-19(6)26-23(18(5)27(28)30(22)32)13-21(16(2)3)14-24(26)35-25-12-11-17(4)15-34-25/h8-10,17,21,24-25H,2,7,11-15H2,1,3-6H3/t17-,21?,24-,25?/m0/s1. The maximum Gasteiger partial charge on any atom is 0.195 e. The highest BCUT2D eigenvalue weighted by Gasteiger charge is 2.40. The van der Waals surface area contributed by atoms with Gasteiger partial charge in [0.15, 0.2) is 17.9 Å². The minimum absolute atomic E-state index is 0.0287. The van der Waals surface area contributed by atoms with Gasteiger partial charge in [0.05, 0.1) is 12.7 Å². The predicted molar refractivity (Wildman–Crippen MR) is 137 cm³/mol. The van der Waals surface area contributed by atoms with Gasteiger partial charge in [-0.1, -0.05) is 44.2 Å². The highest BCUT2D eigenvalue weighted by Crippen LogP contribution is 2.46. The van der Waals surface area contributed by atoms with Crippen molar-refractivity contribution in [3.63, 3.8) is 0 Å². The molecule has 4 atom stereocenters. The minimum atomic E-state index is -0.242. The molecule has 5 rings (SSSR count). The number of aryl methyl sites for hydroxylation is 1. The van der Waals surface area contributed by atoms with Gasteiger partial charge in [-0.2, -0.15) is 0 Å². The van der Waals surface area contributed by atoms with Gasteiger partial charge in [0.25, 0.3) is 0 Å². The van der Waals surface area contributed by atoms with Crippen LogP contribution in [0.2, 0.25) is 0 Å². The molecule has 0 N–H and O–H groups in total. The van der Waals surface area contributed by atoms with Gasteiger partial charge in [0, 0.05) is 22.3 Å². The molecule has 0 spiro atoms. The van der Waals surface area contributed by atoms with E-state index in [1.54, 1.807) is 6.07 Å². The smallest absolute Gasteiger partial charge is 0.195 e. The number of rotatable bonds is 4. The molecule has 3 aliphatic rings. The highest BCUT2D eigenvalue weighted by atomic mass is 16.7. The van der Waals surface area contributed by atoms with Gasteiger partial charge in [0.1, 0.15) is 0 Å². The monoisotopic (exact) mass is 472 g/mol. The summed E-state index contributed by atoms with van der Waals surface area (Å²) in [7, 11) is 0. The average molecular weight is 473 g/mol. The van der Waals surface area contributed by atoms with E-state index in [1.165, 1.54) is 0 Å². The molecule has 1 heterocycles. The number of carbonyl (C=O) groups excluding carboxylic acids is 2. The van der Waals surface area contributed by atoms with Crippen molar-refractivity contribution in [2.75, 3.05) is 6.61 Å². The first-order chi connectivity index (χ1) is 16.7. The largest absolute Gasteiger partial charge is 0.352 e. The number of carbonyl (C=O) groups is 2. The van der Waals surface area contributed by atoms with E-state index in [4.69, 9.17) is 9.47 Å². The van der Waals surface area contributed by atoms with Crippen LogP contribution >= 0.6 is 0 Å². The molecule has 4 nitrogen and oxygen atoms in total. The van der Waals surface area contributed by atoms with E-state index in [-0.39, 0.29) is 29.9 Å². The van der Waals surface area contributed by atoms with Crippen molar-refractivity contribution in [3.8, 4) is 0 Å². The van der Waals surface area contributed by atoms with Gasteiger partial charge in [-0.05, 0) is 92.5 Å². The lowest BCUT2D eigenvalue weighted by Gasteiger charge is -2.39. The lowest BCUT2D eigenvalue weighted by atomic mass is 9.69. The Morgan fingerprint density at radius 1 is 1.09 bits per heavy atom. The van der Waals surface area contributed by atoms with Gasteiger partial charge in [-0.3, -0.25) is 9.59 Å². The van der Waals surface area contributed by atoms with Crippen molar-refractivity contribution in [2.24, 2.45) is 11.8 Å². The Kier molecular flexibility index (Phi) is 6.31. The van der Waals surface area contributed by atoms with Gasteiger partial charge in [-0.25, -0.2) is 0 Å². The third-order valence-corrected chi connectivity index (χ3v) is 8.39. The van der Waals surface area contributed by atoms with Crippen molar-refractivity contribution < 1.29 is 19.1 Å². The van der Waals surface area contributed by atoms with Crippen LogP contribution < -0.4 is 0 Å². The minimum Gasteiger partial charge on any atom is -0.352 e. The third-order valence-electron chi connectivity index (χ3n) is 8.39. The molecule has 0 amide bonds. The first-order valence-electron chi connectivity index (χ1n) is 13.0. The van der Waals surface area contributed by atoms with Crippen molar-refractivity contribution >= 4 is 11.6 Å². The molecule has 1 saturated heterocycles. The average Bonchev–Trinajstić information content (AvgIpc) is 2.85. The van der Waals surface area contributed by atoms with Crippen LogP contribution in [0.5, 0.6) is 0 Å². The maximum absolute atomic E-state index is 14.0. The van der Waals surface area contributed by atoms with Gasteiger partial charge >= 0.3 is 0 Å². The van der Waals surface area contributed by atoms with E-state index in [1.807, 2.05) is 32.9 Å². The molecular weight excluding hydrogens is 436 g/mol. The SMILES string of the molecule is C=C(C)C1Cc2c(C)c3c(c(C)c2[C@@H](OC2CC[C@H](C)CO2)C1)C(=O)c1c(CC)cccc1C3=O. The van der Waals surface area contributed by atoms with Crippen LogP contribution in [0.3, 0.4) is 0 Å². The Balaban J connectivity index is 1.67. The summed E-state index contributed by atoms with van der Waals surface area (Å²) >= 11 is 0. The van der Waals surface area contributed by atoms with Crippen molar-refractivity contribution in [2.45, 2.75) is 79.1 Å². The number of allylic oxidation sites excluding steroid dienone is 1. The second-order valence-corrected chi connectivity index (χ2v) is 10.8. The molecule has 2 aliphatic carbocycles. The van der Waals surface area contributed by atoms with Crippen LogP contribution in [0.4, 0.5) is 0 Å². The van der Waals surface area contributed by atoms with E-state index in [2.05, 4.69) is 20.4 Å². The Hall–Kier alpha value is -2.56. The van der Waals surface area contributed by atoms with Crippen LogP contribution in [-0.4, -0.2) is 24.5 Å². The summed E-state index contributed by atoms with van der Waals surface area (Å²) in [5, 5.41) is 0. The molecule has 1 fully saturated rings. The van der Waals surface area contributed by atoms with Gasteiger partial charge in [-0.15, -0.1) is 0 Å². The Morgan fingerprint density at radius 2 is 1.83 bits per heavy atom. The zero-order valence-corrected chi connectivity index (χ0v) is 21.6. The number of ketones is 2. The zero-order chi connectivity index (χ0) is 25.0. The first-order valence-corrected chi connectivity index (χ1v) is 13.0. The first kappa shape index (κ1) is 24.1. The molecule has 184 valence electrons. The number of ether oxygens (including phenoxy) is 2. The van der Waals surface area contributed by atoms with Gasteiger partial charge < -0.3 is 9.47 Å². The molecule has 35 heavy (non-hydrogen) atoms. The van der Waals surface area contributed by atoms with E-state index in [9.17, 15) is 9.59 Å². The number of hydrogen-bond donors (Lipinski definition) is 0. The van der Waals surface area contributed by atoms with E-state index in [0.717, 1.165) is 59.1 Å². The quantitative estimate of drug-likeness (QED) is 0.401. The van der Waals surface area contributed by atoms with Crippen LogP contribution in [0.1, 0.15) is 106 Å². The molecule has 2 aromatic rings. The number of fused-ring (bicyclic) bond motifs is 3. The fourth-order valence-electron chi connectivity index (χ4n) is 6.32. The van der Waals surface area contributed by atoms with E-state index >= 15 is 0 Å². The summed E-state index contributed by atoms with van der Waals surface area (Å²) in [5.41, 5.74) is 8.36. The summed E-state index contributed by atoms with van der Waals surface area (Å²) in [4.78, 5) is 27.8. The molecule has 0 aromatic heterocycles. The van der Waals surface area contributed by atoms with Gasteiger partial charge in [0.2, 0.25) is 0 Å². The van der Waals surface area contributed by atoms with Crippen LogP contribution in [0.25, 0.3) is 0 Å². The molecule has 0 bridgehead atoms. The fraction of sp³-hybridized carbons (Fsp3) is 0.484. The summed E-state index contributed by atoms with van der Waals surface area (Å²) in [5.74, 6) is 0.746. The normalized spacial score (nSPS) is 25.6. The molecule has 2 aromatic carbocycles. The number of benzene rings is 2. The van der Waals surface area contributed by atoms with Crippen LogP contribution in [0, 0.1) is 25.7 Å². The molecule has 1 aliphatic heterocycles. The third kappa shape index (κ3) is 3.91. The second kappa shape index (κ2) is 9.15. The molecule has 2 unspecified atom stereocenters. The lowest BCUT2D eigenvalue weighted by molar-refractivity contribution is -0.203. The molecule has 0 saturated carbocycles. The Bertz CT molecular complexity index is 1230. The van der Waals surface area contributed by atoms with Crippen molar-refractivity contribution in [1.82, 2.24) is 0 Å². The van der Waals surface area contributed by atoms with E-state index < -0.39 is 0 Å². The number of hydrogen-bond acceptors (Lipinski definition) is 4. The lowest BCUT2D eigenvalue weighted by Crippen LogP contribution is -2.33.